The van der Waals surface area contributed by atoms with Gasteiger partial charge in [0.25, 0.3) is 0 Å². The fourth-order valence-electron chi connectivity index (χ4n) is 2.12. The maximum Gasteiger partial charge on any atom is 0.200 e. The summed E-state index contributed by atoms with van der Waals surface area (Å²) in [5.41, 5.74) is 1.30. The van der Waals surface area contributed by atoms with E-state index in [-0.39, 0.29) is 11.1 Å². The third kappa shape index (κ3) is 5.14. The molecule has 0 spiro atoms. The lowest BCUT2D eigenvalue weighted by Gasteiger charge is -2.38. The van der Waals surface area contributed by atoms with Crippen LogP contribution in [0.5, 0.6) is 0 Å². The van der Waals surface area contributed by atoms with Crippen LogP contribution in [0.25, 0.3) is 0 Å². The van der Waals surface area contributed by atoms with Gasteiger partial charge in [0.2, 0.25) is 7.37 Å². The van der Waals surface area contributed by atoms with Crippen molar-refractivity contribution < 1.29 is 13.9 Å². The molecule has 2 atom stereocenters. The number of rotatable bonds is 6. The van der Waals surface area contributed by atoms with E-state index in [1.807, 2.05) is 0 Å². The average molecular weight is 318 g/mol. The van der Waals surface area contributed by atoms with Gasteiger partial charge in [0.1, 0.15) is 0 Å². The van der Waals surface area contributed by atoms with Gasteiger partial charge < -0.3 is 9.32 Å². The molecule has 0 heterocycles. The Bertz CT molecular complexity index is 410. The summed E-state index contributed by atoms with van der Waals surface area (Å²) in [6.45, 7) is 13.1. The second kappa shape index (κ2) is 6.47. The van der Waals surface area contributed by atoms with Crippen molar-refractivity contribution in [3.05, 3.63) is 11.6 Å². The standard InChI is InChI=1S/C15H31O3PSi/c1-7-19(16,17)11-10-13-8-9-14(12-13)18-20(5,6)15(2,3)4/h8,14H,7,9-12H2,1-6H3,(H,16,17). The predicted molar refractivity (Wildman–Crippen MR) is 89.2 cm³/mol. The van der Waals surface area contributed by atoms with Gasteiger partial charge in [0, 0.05) is 12.3 Å². The Hall–Kier alpha value is 0.107. The summed E-state index contributed by atoms with van der Waals surface area (Å²) in [6, 6.07) is 0. The first-order chi connectivity index (χ1) is 8.97. The Morgan fingerprint density at radius 3 is 2.55 bits per heavy atom. The molecule has 3 nitrogen and oxygen atoms in total. The van der Waals surface area contributed by atoms with Crippen LogP contribution in [-0.2, 0) is 8.99 Å². The molecule has 0 amide bonds. The van der Waals surface area contributed by atoms with E-state index in [1.54, 1.807) is 6.92 Å². The molecule has 5 heteroatoms. The van der Waals surface area contributed by atoms with Crippen LogP contribution in [0.4, 0.5) is 0 Å². The van der Waals surface area contributed by atoms with E-state index in [1.165, 1.54) is 5.57 Å². The quantitative estimate of drug-likeness (QED) is 0.435. The highest BCUT2D eigenvalue weighted by Crippen LogP contribution is 2.43. The molecule has 0 saturated heterocycles. The summed E-state index contributed by atoms with van der Waals surface area (Å²) >= 11 is 0. The predicted octanol–water partition coefficient (Wildman–Crippen LogP) is 4.78. The molecule has 1 N–H and O–H groups in total. The van der Waals surface area contributed by atoms with Crippen molar-refractivity contribution in [2.75, 3.05) is 12.3 Å². The van der Waals surface area contributed by atoms with Crippen LogP contribution >= 0.6 is 7.37 Å². The molecule has 118 valence electrons. The third-order valence-corrected chi connectivity index (χ3v) is 11.1. The summed E-state index contributed by atoms with van der Waals surface area (Å²) in [7, 11) is -4.59. The molecule has 0 bridgehead atoms. The van der Waals surface area contributed by atoms with E-state index >= 15 is 0 Å². The van der Waals surface area contributed by atoms with Crippen molar-refractivity contribution in [1.29, 1.82) is 0 Å². The molecule has 0 aromatic heterocycles. The Morgan fingerprint density at radius 1 is 1.45 bits per heavy atom. The van der Waals surface area contributed by atoms with Crippen LogP contribution in [0.2, 0.25) is 18.1 Å². The van der Waals surface area contributed by atoms with Crippen molar-refractivity contribution in [3.63, 3.8) is 0 Å². The van der Waals surface area contributed by atoms with Gasteiger partial charge in [-0.3, -0.25) is 4.57 Å². The Balaban J connectivity index is 2.46. The number of hydrogen-bond donors (Lipinski definition) is 1. The minimum absolute atomic E-state index is 0.235. The van der Waals surface area contributed by atoms with Crippen molar-refractivity contribution in [1.82, 2.24) is 0 Å². The summed E-state index contributed by atoms with van der Waals surface area (Å²) in [4.78, 5) is 9.65. The minimum Gasteiger partial charge on any atom is -0.413 e. The Kier molecular flexibility index (Phi) is 5.88. The molecule has 0 saturated carbocycles. The van der Waals surface area contributed by atoms with E-state index in [0.717, 1.165) is 19.3 Å². The van der Waals surface area contributed by atoms with Crippen LogP contribution in [0, 0.1) is 0 Å². The molecule has 0 aromatic carbocycles. The highest BCUT2D eigenvalue weighted by atomic mass is 31.2. The van der Waals surface area contributed by atoms with Crippen LogP contribution in [-0.4, -0.2) is 31.6 Å². The summed E-state index contributed by atoms with van der Waals surface area (Å²) in [6.07, 6.45) is 5.95. The normalized spacial score (nSPS) is 23.6. The van der Waals surface area contributed by atoms with Crippen molar-refractivity contribution in [3.8, 4) is 0 Å². The molecular formula is C15H31O3PSi. The third-order valence-electron chi connectivity index (χ3n) is 4.70. The van der Waals surface area contributed by atoms with E-state index < -0.39 is 15.7 Å². The molecule has 20 heavy (non-hydrogen) atoms. The van der Waals surface area contributed by atoms with Gasteiger partial charge in [0.15, 0.2) is 8.32 Å². The lowest BCUT2D eigenvalue weighted by Crippen LogP contribution is -2.43. The van der Waals surface area contributed by atoms with Crippen molar-refractivity contribution >= 4 is 15.7 Å². The largest absolute Gasteiger partial charge is 0.413 e. The monoisotopic (exact) mass is 318 g/mol. The van der Waals surface area contributed by atoms with Crippen LogP contribution in [0.3, 0.4) is 0 Å². The molecule has 0 aliphatic heterocycles. The first kappa shape index (κ1) is 18.2. The lowest BCUT2D eigenvalue weighted by molar-refractivity contribution is 0.192. The SMILES string of the molecule is CCP(=O)(O)CCC1=CCC(O[Si](C)(C)C(C)(C)C)C1. The fraction of sp³-hybridized carbons (Fsp3) is 0.867. The van der Waals surface area contributed by atoms with E-state index in [4.69, 9.17) is 4.43 Å². The number of hydrogen-bond acceptors (Lipinski definition) is 2. The molecule has 0 fully saturated rings. The van der Waals surface area contributed by atoms with Gasteiger partial charge in [-0.2, -0.15) is 0 Å². The molecule has 1 rings (SSSR count). The van der Waals surface area contributed by atoms with E-state index in [2.05, 4.69) is 39.9 Å². The summed E-state index contributed by atoms with van der Waals surface area (Å²) in [5, 5.41) is 0.235. The molecule has 0 radical (unpaired) electrons. The smallest absolute Gasteiger partial charge is 0.200 e. The zero-order chi connectivity index (χ0) is 15.6. The second-order valence-electron chi connectivity index (χ2n) is 7.44. The Morgan fingerprint density at radius 2 is 2.05 bits per heavy atom. The topological polar surface area (TPSA) is 46.5 Å². The maximum atomic E-state index is 11.7. The van der Waals surface area contributed by atoms with E-state index in [0.29, 0.717) is 12.3 Å². The van der Waals surface area contributed by atoms with Crippen molar-refractivity contribution in [2.24, 2.45) is 0 Å². The average Bonchev–Trinajstić information content (AvgIpc) is 2.72. The van der Waals surface area contributed by atoms with Crippen LogP contribution < -0.4 is 0 Å². The van der Waals surface area contributed by atoms with Gasteiger partial charge in [-0.25, -0.2) is 0 Å². The van der Waals surface area contributed by atoms with Gasteiger partial charge in [0.05, 0.1) is 6.10 Å². The van der Waals surface area contributed by atoms with Gasteiger partial charge in [-0.1, -0.05) is 39.3 Å². The Labute approximate surface area is 125 Å². The first-order valence-electron chi connectivity index (χ1n) is 7.63. The summed E-state index contributed by atoms with van der Waals surface area (Å²) < 4.78 is 18.1. The summed E-state index contributed by atoms with van der Waals surface area (Å²) in [5.74, 6) is 0. The fourth-order valence-corrected chi connectivity index (χ4v) is 4.44. The van der Waals surface area contributed by atoms with Crippen LogP contribution in [0.1, 0.15) is 47.0 Å². The highest BCUT2D eigenvalue weighted by molar-refractivity contribution is 7.57. The highest BCUT2D eigenvalue weighted by Gasteiger charge is 2.39. The van der Waals surface area contributed by atoms with Crippen molar-refractivity contribution in [2.45, 2.75) is 71.2 Å². The zero-order valence-corrected chi connectivity index (χ0v) is 15.8. The zero-order valence-electron chi connectivity index (χ0n) is 13.9. The molecular weight excluding hydrogens is 287 g/mol. The van der Waals surface area contributed by atoms with E-state index in [9.17, 15) is 9.46 Å². The lowest BCUT2D eigenvalue weighted by atomic mass is 10.2. The maximum absolute atomic E-state index is 11.7. The van der Waals surface area contributed by atoms with Gasteiger partial charge in [-0.15, -0.1) is 0 Å². The molecule has 2 unspecified atom stereocenters. The molecule has 1 aliphatic rings. The van der Waals surface area contributed by atoms with Crippen LogP contribution in [0.15, 0.2) is 11.6 Å². The van der Waals surface area contributed by atoms with Gasteiger partial charge in [-0.05, 0) is 37.4 Å². The first-order valence-corrected chi connectivity index (χ1v) is 12.6. The molecule has 0 aromatic rings. The minimum atomic E-state index is -2.89. The van der Waals surface area contributed by atoms with Gasteiger partial charge >= 0.3 is 0 Å². The second-order valence-corrected chi connectivity index (χ2v) is 15.0. The molecule has 1 aliphatic carbocycles.